The van der Waals surface area contributed by atoms with E-state index in [0.29, 0.717) is 11.7 Å². The van der Waals surface area contributed by atoms with Gasteiger partial charge in [0.05, 0.1) is 5.69 Å². The molecule has 150 valence electrons. The quantitative estimate of drug-likeness (QED) is 0.577. The molecular formula is C24H21N3O2S. The summed E-state index contributed by atoms with van der Waals surface area (Å²) >= 11 is 1.32. The fourth-order valence-corrected chi connectivity index (χ4v) is 4.51. The highest BCUT2D eigenvalue weighted by molar-refractivity contribution is 8.15. The lowest BCUT2D eigenvalue weighted by molar-refractivity contribution is -0.127. The van der Waals surface area contributed by atoms with Crippen LogP contribution in [0, 0.1) is 0 Å². The van der Waals surface area contributed by atoms with Crippen LogP contribution >= 0.6 is 11.8 Å². The maximum absolute atomic E-state index is 12.9. The number of amides is 2. The van der Waals surface area contributed by atoms with Crippen LogP contribution in [-0.2, 0) is 9.59 Å². The first-order valence-corrected chi connectivity index (χ1v) is 10.5. The number of nitrogens with zero attached hydrogens (tertiary/aromatic N) is 2. The van der Waals surface area contributed by atoms with Crippen molar-refractivity contribution in [2.24, 2.45) is 4.99 Å². The molecule has 1 heterocycles. The van der Waals surface area contributed by atoms with Crippen molar-refractivity contribution in [1.29, 1.82) is 0 Å². The molecule has 1 fully saturated rings. The predicted molar refractivity (Wildman–Crippen MR) is 124 cm³/mol. The molecule has 30 heavy (non-hydrogen) atoms. The molecule has 0 aliphatic carbocycles. The number of thioether (sulfide) groups is 1. The molecule has 0 aromatic heterocycles. The normalized spacial score (nSPS) is 17.5. The maximum Gasteiger partial charge on any atom is 0.242 e. The van der Waals surface area contributed by atoms with Gasteiger partial charge in [-0.15, -0.1) is 6.58 Å². The van der Waals surface area contributed by atoms with Gasteiger partial charge in [-0.1, -0.05) is 72.4 Å². The lowest BCUT2D eigenvalue weighted by atomic mass is 10.1. The fourth-order valence-electron chi connectivity index (χ4n) is 3.34. The van der Waals surface area contributed by atoms with Crippen LogP contribution in [0.15, 0.2) is 90.4 Å². The van der Waals surface area contributed by atoms with E-state index in [9.17, 15) is 9.59 Å². The summed E-state index contributed by atoms with van der Waals surface area (Å²) in [6.45, 7) is 4.09. The zero-order chi connectivity index (χ0) is 20.9. The maximum atomic E-state index is 12.9. The molecule has 1 aliphatic heterocycles. The van der Waals surface area contributed by atoms with Crippen molar-refractivity contribution >= 4 is 50.9 Å². The second-order valence-electron chi connectivity index (χ2n) is 6.85. The Morgan fingerprint density at radius 2 is 1.80 bits per heavy atom. The minimum atomic E-state index is -0.512. The molecule has 1 aliphatic rings. The largest absolute Gasteiger partial charge is 0.325 e. The van der Waals surface area contributed by atoms with Gasteiger partial charge in [0.15, 0.2) is 5.17 Å². The first kappa shape index (κ1) is 19.9. The van der Waals surface area contributed by atoms with Gasteiger partial charge in [-0.3, -0.25) is 14.5 Å². The van der Waals surface area contributed by atoms with E-state index in [-0.39, 0.29) is 18.2 Å². The summed E-state index contributed by atoms with van der Waals surface area (Å²) in [6.07, 6.45) is 1.74. The summed E-state index contributed by atoms with van der Waals surface area (Å²) in [5.41, 5.74) is 1.51. The monoisotopic (exact) mass is 415 g/mol. The smallest absolute Gasteiger partial charge is 0.242 e. The molecule has 0 radical (unpaired) electrons. The minimum Gasteiger partial charge on any atom is -0.325 e. The third kappa shape index (κ3) is 4.28. The van der Waals surface area contributed by atoms with Crippen LogP contribution in [-0.4, -0.2) is 33.7 Å². The number of hydrogen-bond acceptors (Lipinski definition) is 4. The molecule has 6 heteroatoms. The molecule has 1 saturated heterocycles. The first-order valence-electron chi connectivity index (χ1n) is 9.66. The number of fused-ring (bicyclic) bond motifs is 1. The number of amidine groups is 1. The van der Waals surface area contributed by atoms with Crippen molar-refractivity contribution in [3.8, 4) is 0 Å². The average molecular weight is 416 g/mol. The third-order valence-electron chi connectivity index (χ3n) is 4.75. The van der Waals surface area contributed by atoms with Crippen LogP contribution in [0.3, 0.4) is 0 Å². The van der Waals surface area contributed by atoms with E-state index in [0.717, 1.165) is 22.1 Å². The van der Waals surface area contributed by atoms with Gasteiger partial charge in [-0.2, -0.15) is 0 Å². The zero-order valence-electron chi connectivity index (χ0n) is 16.3. The van der Waals surface area contributed by atoms with E-state index in [1.54, 1.807) is 11.0 Å². The number of nitrogens with one attached hydrogen (secondary N) is 1. The molecule has 3 aromatic carbocycles. The van der Waals surface area contributed by atoms with Crippen molar-refractivity contribution in [3.05, 3.63) is 85.5 Å². The molecule has 0 spiro atoms. The molecule has 4 rings (SSSR count). The van der Waals surface area contributed by atoms with Crippen LogP contribution in [0.5, 0.6) is 0 Å². The summed E-state index contributed by atoms with van der Waals surface area (Å²) < 4.78 is 0. The second kappa shape index (κ2) is 8.97. The van der Waals surface area contributed by atoms with Crippen LogP contribution in [0.4, 0.5) is 11.4 Å². The Bertz CT molecular complexity index is 1120. The average Bonchev–Trinajstić information content (AvgIpc) is 3.04. The van der Waals surface area contributed by atoms with Gasteiger partial charge < -0.3 is 5.32 Å². The summed E-state index contributed by atoms with van der Waals surface area (Å²) in [5, 5.41) is 5.06. The highest BCUT2D eigenvalue weighted by atomic mass is 32.2. The van der Waals surface area contributed by atoms with Gasteiger partial charge in [-0.05, 0) is 23.6 Å². The van der Waals surface area contributed by atoms with Crippen molar-refractivity contribution < 1.29 is 9.59 Å². The Hall–Kier alpha value is -3.38. The van der Waals surface area contributed by atoms with E-state index in [1.807, 2.05) is 72.8 Å². The molecule has 0 bridgehead atoms. The Labute approximate surface area is 179 Å². The Morgan fingerprint density at radius 3 is 2.60 bits per heavy atom. The molecule has 0 saturated carbocycles. The van der Waals surface area contributed by atoms with E-state index >= 15 is 0 Å². The molecule has 1 N–H and O–H groups in total. The summed E-state index contributed by atoms with van der Waals surface area (Å²) in [7, 11) is 0. The van der Waals surface area contributed by atoms with E-state index < -0.39 is 5.25 Å². The van der Waals surface area contributed by atoms with Crippen LogP contribution < -0.4 is 5.32 Å². The van der Waals surface area contributed by atoms with E-state index in [2.05, 4.69) is 16.9 Å². The molecule has 5 nitrogen and oxygen atoms in total. The van der Waals surface area contributed by atoms with E-state index in [1.165, 1.54) is 11.8 Å². The Balaban J connectivity index is 1.51. The van der Waals surface area contributed by atoms with Gasteiger partial charge in [0, 0.05) is 24.0 Å². The minimum absolute atomic E-state index is 0.0776. The number of rotatable bonds is 6. The highest BCUT2D eigenvalue weighted by Crippen LogP contribution is 2.32. The molecule has 2 amide bonds. The third-order valence-corrected chi connectivity index (χ3v) is 5.92. The summed E-state index contributed by atoms with van der Waals surface area (Å²) in [4.78, 5) is 31.8. The molecule has 0 unspecified atom stereocenters. The number of hydrogen-bond donors (Lipinski definition) is 1. The topological polar surface area (TPSA) is 61.8 Å². The lowest BCUT2D eigenvalue weighted by Gasteiger charge is -2.14. The zero-order valence-corrected chi connectivity index (χ0v) is 17.1. The van der Waals surface area contributed by atoms with Gasteiger partial charge >= 0.3 is 0 Å². The SMILES string of the molecule is C=CCN1C(=O)[C@@H](CC(=O)Nc2cccc3ccccc23)SC1=Nc1ccccc1. The Morgan fingerprint density at radius 1 is 1.07 bits per heavy atom. The fraction of sp³-hybridized carbons (Fsp3) is 0.125. The number of anilines is 1. The number of carbonyl (C=O) groups is 2. The number of benzene rings is 3. The van der Waals surface area contributed by atoms with Crippen molar-refractivity contribution in [1.82, 2.24) is 4.90 Å². The highest BCUT2D eigenvalue weighted by Gasteiger charge is 2.38. The van der Waals surface area contributed by atoms with Gasteiger partial charge in [0.25, 0.3) is 0 Å². The standard InChI is InChI=1S/C24H21N3O2S/c1-2-15-27-23(29)21(30-24(27)25-18-11-4-3-5-12-18)16-22(28)26-20-14-8-10-17-9-6-7-13-19(17)20/h2-14,21H,1,15-16H2,(H,26,28)/t21-/m1/s1. The summed E-state index contributed by atoms with van der Waals surface area (Å²) in [5.74, 6) is -0.320. The van der Waals surface area contributed by atoms with Crippen LogP contribution in [0.25, 0.3) is 10.8 Å². The van der Waals surface area contributed by atoms with Crippen molar-refractivity contribution in [3.63, 3.8) is 0 Å². The van der Waals surface area contributed by atoms with Gasteiger partial charge in [0.1, 0.15) is 5.25 Å². The number of para-hydroxylation sites is 1. The second-order valence-corrected chi connectivity index (χ2v) is 8.02. The molecule has 1 atom stereocenters. The van der Waals surface area contributed by atoms with Crippen molar-refractivity contribution in [2.45, 2.75) is 11.7 Å². The first-order chi connectivity index (χ1) is 14.7. The predicted octanol–water partition coefficient (Wildman–Crippen LogP) is 4.99. The number of carbonyl (C=O) groups excluding carboxylic acids is 2. The Kier molecular flexibility index (Phi) is 5.95. The molecular weight excluding hydrogens is 394 g/mol. The van der Waals surface area contributed by atoms with Gasteiger partial charge in [0.2, 0.25) is 11.8 Å². The van der Waals surface area contributed by atoms with Gasteiger partial charge in [-0.25, -0.2) is 4.99 Å². The van der Waals surface area contributed by atoms with Crippen LogP contribution in [0.1, 0.15) is 6.42 Å². The van der Waals surface area contributed by atoms with E-state index in [4.69, 9.17) is 0 Å². The number of aliphatic imine (C=N–C) groups is 1. The lowest BCUT2D eigenvalue weighted by Crippen LogP contribution is -2.33. The van der Waals surface area contributed by atoms with Crippen molar-refractivity contribution in [2.75, 3.05) is 11.9 Å². The van der Waals surface area contributed by atoms with Crippen LogP contribution in [0.2, 0.25) is 0 Å². The molecule has 3 aromatic rings. The summed E-state index contributed by atoms with van der Waals surface area (Å²) in [6, 6.07) is 23.1.